The van der Waals surface area contributed by atoms with Crippen molar-refractivity contribution in [2.24, 2.45) is 0 Å². The molecule has 2 aromatic carbocycles. The van der Waals surface area contributed by atoms with Gasteiger partial charge in [0.25, 0.3) is 20.8 Å². The van der Waals surface area contributed by atoms with Gasteiger partial charge in [0.15, 0.2) is 0 Å². The second kappa shape index (κ2) is 11.8. The molecule has 0 fully saturated rings. The van der Waals surface area contributed by atoms with E-state index in [1.807, 2.05) is 0 Å². The number of nitrogens with zero attached hydrogens (tertiary/aromatic N) is 1. The molecule has 0 amide bonds. The summed E-state index contributed by atoms with van der Waals surface area (Å²) in [4.78, 5) is 4.34. The van der Waals surface area contributed by atoms with Gasteiger partial charge in [-0.05, 0) is 47.5 Å². The first-order valence-electron chi connectivity index (χ1n) is 8.02. The van der Waals surface area contributed by atoms with Crippen molar-refractivity contribution in [1.82, 2.24) is 4.98 Å². The molecule has 0 aliphatic carbocycles. The summed E-state index contributed by atoms with van der Waals surface area (Å²) in [5.41, 5.74) is 2.05. The zero-order valence-corrected chi connectivity index (χ0v) is 22.2. The van der Waals surface area contributed by atoms with Gasteiger partial charge in [-0.2, -0.15) is 0 Å². The Kier molecular flexibility index (Phi) is 10.6. The first-order chi connectivity index (χ1) is 13.6. The Morgan fingerprint density at radius 3 is 1.42 bits per heavy atom. The molecule has 1 aromatic heterocycles. The smallest absolute Gasteiger partial charge is 0.716 e. The normalized spacial score (nSPS) is 11.2. The van der Waals surface area contributed by atoms with E-state index in [4.69, 9.17) is 0 Å². The Labute approximate surface area is 224 Å². The van der Waals surface area contributed by atoms with Crippen LogP contribution in [0.15, 0.2) is 72.9 Å². The molecule has 0 saturated carbocycles. The third-order valence-electron chi connectivity index (χ3n) is 3.81. The van der Waals surface area contributed by atoms with Crippen molar-refractivity contribution in [3.63, 3.8) is 0 Å². The average molecular weight is 481 g/mol. The molecule has 0 aliphatic heterocycles. The third kappa shape index (κ3) is 8.81. The molecular formula is C18H13NNa2O8S2. The molecule has 152 valence electrons. The van der Waals surface area contributed by atoms with Crippen LogP contribution in [0.5, 0.6) is 11.5 Å². The fourth-order valence-corrected chi connectivity index (χ4v) is 3.44. The predicted octanol–water partition coefficient (Wildman–Crippen LogP) is -4.05. The number of benzene rings is 2. The van der Waals surface area contributed by atoms with E-state index in [2.05, 4.69) is 13.4 Å². The van der Waals surface area contributed by atoms with Crippen LogP contribution in [0.4, 0.5) is 0 Å². The Hall–Kier alpha value is -0.990. The summed E-state index contributed by atoms with van der Waals surface area (Å²) in [5.74, 6) is -0.673. The SMILES string of the molecule is O=S(=O)([O-])Oc1ccc(C(c2ccc(OS(=O)(=O)[O-])cc2)c2ccccn2)cc1.[Na+].[Na+]. The molecule has 13 heteroatoms. The van der Waals surface area contributed by atoms with Crippen molar-refractivity contribution in [2.45, 2.75) is 5.92 Å². The predicted molar refractivity (Wildman–Crippen MR) is 98.7 cm³/mol. The number of aromatic nitrogens is 1. The number of hydrogen-bond acceptors (Lipinski definition) is 9. The van der Waals surface area contributed by atoms with Crippen LogP contribution < -0.4 is 67.5 Å². The monoisotopic (exact) mass is 481 g/mol. The van der Waals surface area contributed by atoms with Gasteiger partial charge in [0.1, 0.15) is 11.5 Å². The minimum absolute atomic E-state index is 0. The van der Waals surface area contributed by atoms with E-state index in [0.717, 1.165) is 0 Å². The molecule has 0 radical (unpaired) electrons. The molecule has 0 bridgehead atoms. The van der Waals surface area contributed by atoms with Crippen LogP contribution in [0.3, 0.4) is 0 Å². The number of hydrogen-bond donors (Lipinski definition) is 0. The average Bonchev–Trinajstić information content (AvgIpc) is 2.63. The maximum absolute atomic E-state index is 10.7. The molecule has 0 saturated heterocycles. The molecule has 0 N–H and O–H groups in total. The molecule has 0 spiro atoms. The van der Waals surface area contributed by atoms with E-state index < -0.39 is 26.7 Å². The van der Waals surface area contributed by atoms with E-state index in [9.17, 15) is 25.9 Å². The zero-order chi connectivity index (χ0) is 21.1. The van der Waals surface area contributed by atoms with Crippen molar-refractivity contribution >= 4 is 20.8 Å². The van der Waals surface area contributed by atoms with Crippen molar-refractivity contribution in [3.05, 3.63) is 89.7 Å². The zero-order valence-electron chi connectivity index (χ0n) is 16.5. The first kappa shape index (κ1) is 28.0. The van der Waals surface area contributed by atoms with Gasteiger partial charge >= 0.3 is 59.1 Å². The summed E-state index contributed by atoms with van der Waals surface area (Å²) in [5, 5.41) is 0. The number of pyridine rings is 1. The van der Waals surface area contributed by atoms with Gasteiger partial charge in [0, 0.05) is 6.20 Å². The Morgan fingerprint density at radius 1 is 0.677 bits per heavy atom. The van der Waals surface area contributed by atoms with Gasteiger partial charge in [-0.3, -0.25) is 4.98 Å². The fraction of sp³-hybridized carbons (Fsp3) is 0.0556. The maximum atomic E-state index is 10.7. The van der Waals surface area contributed by atoms with Gasteiger partial charge < -0.3 is 17.5 Å². The van der Waals surface area contributed by atoms with Gasteiger partial charge in [-0.1, -0.05) is 30.3 Å². The molecule has 3 rings (SSSR count). The number of rotatable bonds is 7. The van der Waals surface area contributed by atoms with Crippen molar-refractivity contribution in [3.8, 4) is 11.5 Å². The molecule has 31 heavy (non-hydrogen) atoms. The minimum atomic E-state index is -4.89. The standard InChI is InChI=1S/C18H15NO8S2.2Na/c20-28(21,22)26-15-8-4-13(5-9-15)18(17-3-1-2-12-19-17)14-6-10-16(11-7-14)27-29(23,24)25;;/h1-12,18H,(H,20,21,22)(H,23,24,25);;/q;2*+1/p-2. The molecule has 0 aliphatic rings. The Bertz CT molecular complexity index is 1110. The maximum Gasteiger partial charge on any atom is 1.00 e. The second-order valence-corrected chi connectivity index (χ2v) is 7.78. The molecular weight excluding hydrogens is 468 g/mol. The van der Waals surface area contributed by atoms with Crippen LogP contribution >= 0.6 is 0 Å². The largest absolute Gasteiger partial charge is 1.00 e. The Morgan fingerprint density at radius 2 is 1.10 bits per heavy atom. The van der Waals surface area contributed by atoms with Gasteiger partial charge in [-0.15, -0.1) is 0 Å². The van der Waals surface area contributed by atoms with E-state index in [-0.39, 0.29) is 70.6 Å². The minimum Gasteiger partial charge on any atom is -0.716 e. The summed E-state index contributed by atoms with van der Waals surface area (Å²) in [7, 11) is -9.77. The third-order valence-corrected chi connectivity index (χ3v) is 4.60. The first-order valence-corrected chi connectivity index (χ1v) is 10.7. The quantitative estimate of drug-likeness (QED) is 0.187. The fourth-order valence-electron chi connectivity index (χ4n) is 2.75. The summed E-state index contributed by atoms with van der Waals surface area (Å²) in [6.45, 7) is 0. The van der Waals surface area contributed by atoms with Crippen LogP contribution in [0.25, 0.3) is 0 Å². The second-order valence-electron chi connectivity index (χ2n) is 5.81. The van der Waals surface area contributed by atoms with Crippen LogP contribution in [0.2, 0.25) is 0 Å². The molecule has 3 aromatic rings. The molecule has 9 nitrogen and oxygen atoms in total. The molecule has 0 atom stereocenters. The molecule has 0 unspecified atom stereocenters. The van der Waals surface area contributed by atoms with E-state index in [1.165, 1.54) is 24.3 Å². The summed E-state index contributed by atoms with van der Waals surface area (Å²) >= 11 is 0. The summed E-state index contributed by atoms with van der Waals surface area (Å²) in [6.07, 6.45) is 1.60. The van der Waals surface area contributed by atoms with Crippen molar-refractivity contribution in [1.29, 1.82) is 0 Å². The van der Waals surface area contributed by atoms with Crippen LogP contribution in [-0.4, -0.2) is 30.9 Å². The van der Waals surface area contributed by atoms with Gasteiger partial charge in [0.2, 0.25) is 0 Å². The van der Waals surface area contributed by atoms with Crippen LogP contribution in [0.1, 0.15) is 22.7 Å². The van der Waals surface area contributed by atoms with Crippen LogP contribution in [-0.2, 0) is 20.8 Å². The topological polar surface area (TPSA) is 146 Å². The van der Waals surface area contributed by atoms with Crippen LogP contribution in [0, 0.1) is 0 Å². The van der Waals surface area contributed by atoms with Crippen molar-refractivity contribution < 1.29 is 93.4 Å². The summed E-state index contributed by atoms with van der Waals surface area (Å²) < 4.78 is 73.0. The van der Waals surface area contributed by atoms with E-state index >= 15 is 0 Å². The summed E-state index contributed by atoms with van der Waals surface area (Å²) in [6, 6.07) is 17.0. The van der Waals surface area contributed by atoms with E-state index in [1.54, 1.807) is 48.7 Å². The van der Waals surface area contributed by atoms with E-state index in [0.29, 0.717) is 16.8 Å². The van der Waals surface area contributed by atoms with Gasteiger partial charge in [0.05, 0.1) is 11.6 Å². The molecule has 1 heterocycles. The van der Waals surface area contributed by atoms with Gasteiger partial charge in [-0.25, -0.2) is 16.8 Å². The van der Waals surface area contributed by atoms with Crippen molar-refractivity contribution in [2.75, 3.05) is 0 Å². The Balaban J connectivity index is 0.00000240.